The third-order valence-corrected chi connectivity index (χ3v) is 6.22. The fraction of sp³-hybridized carbons (Fsp3) is 0.433. The van der Waals surface area contributed by atoms with Crippen molar-refractivity contribution in [3.63, 3.8) is 0 Å². The van der Waals surface area contributed by atoms with E-state index in [1.165, 1.54) is 24.7 Å². The summed E-state index contributed by atoms with van der Waals surface area (Å²) in [4.78, 5) is 28.8. The highest BCUT2D eigenvalue weighted by Crippen LogP contribution is 2.40. The molecule has 2 aliphatic carbocycles. The number of hydrogen-bond donors (Lipinski definition) is 0. The van der Waals surface area contributed by atoms with Crippen LogP contribution >= 0.6 is 0 Å². The largest absolute Gasteiger partial charge is 0.564 e. The number of aryl methyl sites for hydroxylation is 1. The Labute approximate surface area is 232 Å². The second-order valence-electron chi connectivity index (χ2n) is 9.67. The minimum Gasteiger partial charge on any atom is -0.505 e. The minimum absolute atomic E-state index is 0.000982. The van der Waals surface area contributed by atoms with E-state index in [1.54, 1.807) is 11.9 Å². The van der Waals surface area contributed by atoms with Crippen molar-refractivity contribution in [2.75, 3.05) is 27.2 Å². The topological polar surface area (TPSA) is 87.2 Å². The van der Waals surface area contributed by atoms with E-state index in [1.807, 2.05) is 49.4 Å². The van der Waals surface area contributed by atoms with E-state index >= 15 is 0 Å². The van der Waals surface area contributed by atoms with Crippen LogP contribution in [0, 0.1) is 6.92 Å². The first kappa shape index (κ1) is 30.1. The van der Waals surface area contributed by atoms with Crippen LogP contribution in [0.3, 0.4) is 0 Å². The van der Waals surface area contributed by atoms with Gasteiger partial charge in [0.15, 0.2) is 0 Å². The molecular weight excluding hydrogens is 495 g/mol. The van der Waals surface area contributed by atoms with E-state index in [-0.39, 0.29) is 19.2 Å². The van der Waals surface area contributed by atoms with E-state index in [4.69, 9.17) is 18.8 Å². The number of carbonyl (C=O) groups is 2. The first-order valence-corrected chi connectivity index (χ1v) is 13.5. The van der Waals surface area contributed by atoms with Crippen molar-refractivity contribution >= 4 is 24.8 Å². The maximum Gasteiger partial charge on any atom is 0.564 e. The summed E-state index contributed by atoms with van der Waals surface area (Å²) in [7, 11) is 2.31. The number of benzene rings is 1. The normalized spacial score (nSPS) is 16.1. The first-order valence-electron chi connectivity index (χ1n) is 13.5. The quantitative estimate of drug-likeness (QED) is 0.310. The number of hydrogen-bond acceptors (Lipinski definition) is 8. The molecule has 1 atom stereocenters. The molecule has 0 radical (unpaired) electrons. The molecule has 2 aliphatic rings. The van der Waals surface area contributed by atoms with Gasteiger partial charge in [-0.1, -0.05) is 38.5 Å². The van der Waals surface area contributed by atoms with Gasteiger partial charge in [-0.15, -0.1) is 0 Å². The van der Waals surface area contributed by atoms with E-state index in [0.717, 1.165) is 49.2 Å². The summed E-state index contributed by atoms with van der Waals surface area (Å²) in [6.45, 7) is 6.36. The maximum atomic E-state index is 12.2. The second kappa shape index (κ2) is 15.2. The molecule has 0 saturated carbocycles. The summed E-state index contributed by atoms with van der Waals surface area (Å²) in [6.07, 6.45) is 7.77. The van der Waals surface area contributed by atoms with Gasteiger partial charge in [-0.05, 0) is 80.5 Å². The van der Waals surface area contributed by atoms with Crippen LogP contribution in [0.2, 0.25) is 0 Å². The highest BCUT2D eigenvalue weighted by Gasteiger charge is 2.32. The van der Waals surface area contributed by atoms with E-state index < -0.39 is 13.1 Å². The number of rotatable bonds is 11. The lowest BCUT2D eigenvalue weighted by molar-refractivity contribution is -0.136. The van der Waals surface area contributed by atoms with Crippen molar-refractivity contribution in [1.82, 2.24) is 9.88 Å². The number of nitrogens with zero attached hydrogens (tertiary/aromatic N) is 2. The molecule has 0 saturated heterocycles. The van der Waals surface area contributed by atoms with Crippen molar-refractivity contribution in [3.8, 4) is 11.6 Å². The number of ether oxygens (including phenoxy) is 2. The molecule has 1 heterocycles. The van der Waals surface area contributed by atoms with Gasteiger partial charge in [0.05, 0.1) is 13.1 Å². The summed E-state index contributed by atoms with van der Waals surface area (Å²) in [5.41, 5.74) is 4.12. The molecule has 0 bridgehead atoms. The predicted molar refractivity (Wildman–Crippen MR) is 152 cm³/mol. The Bertz CT molecular complexity index is 1160. The molecule has 8 nitrogen and oxygen atoms in total. The fourth-order valence-corrected chi connectivity index (χ4v) is 4.49. The molecule has 0 spiro atoms. The molecule has 9 heteroatoms. The summed E-state index contributed by atoms with van der Waals surface area (Å²) < 4.78 is 23.3. The molecule has 39 heavy (non-hydrogen) atoms. The van der Waals surface area contributed by atoms with Crippen molar-refractivity contribution in [2.24, 2.45) is 0 Å². The van der Waals surface area contributed by atoms with Gasteiger partial charge in [0.25, 0.3) is 0 Å². The van der Waals surface area contributed by atoms with Crippen molar-refractivity contribution in [1.29, 1.82) is 0 Å². The van der Waals surface area contributed by atoms with Crippen LogP contribution in [0.5, 0.6) is 11.6 Å². The standard InChI is InChI=1S/C27H31BN2O6.C3H8/c1-19-6-4-9-26(29-19)35-24-8-5-7-22-23(24)14-15-25(22)34-21-12-10-20(11-13-21)28(33-3)36-27(32)18-30(2)16-17-31;1-3-2/h4,6,8-13,17,25H,5,7,14-16,18H2,1-3H3;3H2,1-2H3. The molecule has 0 N–H and O–H groups in total. The van der Waals surface area contributed by atoms with Crippen molar-refractivity contribution < 1.29 is 28.4 Å². The molecular formula is C30H39BN2O6. The van der Waals surface area contributed by atoms with Crippen LogP contribution in [0.1, 0.15) is 51.6 Å². The molecule has 0 fully saturated rings. The second-order valence-corrected chi connectivity index (χ2v) is 9.67. The van der Waals surface area contributed by atoms with Gasteiger partial charge in [0.2, 0.25) is 5.88 Å². The zero-order valence-corrected chi connectivity index (χ0v) is 23.6. The van der Waals surface area contributed by atoms with Gasteiger partial charge in [0, 0.05) is 18.9 Å². The zero-order chi connectivity index (χ0) is 28.2. The van der Waals surface area contributed by atoms with E-state index in [9.17, 15) is 9.59 Å². The zero-order valence-electron chi connectivity index (χ0n) is 23.6. The number of aldehydes is 1. The van der Waals surface area contributed by atoms with Gasteiger partial charge in [-0.2, -0.15) is 0 Å². The Kier molecular flexibility index (Phi) is 11.8. The summed E-state index contributed by atoms with van der Waals surface area (Å²) >= 11 is 0. The van der Waals surface area contributed by atoms with Crippen LogP contribution in [0.25, 0.3) is 0 Å². The lowest BCUT2D eigenvalue weighted by Gasteiger charge is -2.21. The van der Waals surface area contributed by atoms with Crippen LogP contribution in [-0.4, -0.2) is 62.6 Å². The SMILES string of the molecule is CCC.COB(OC(=O)CN(C)CC=O)c1ccc(OC2CCC3=C2CCC=C3Oc2cccc(C)n2)cc1. The van der Waals surface area contributed by atoms with Crippen LogP contribution in [0.4, 0.5) is 0 Å². The van der Waals surface area contributed by atoms with E-state index in [0.29, 0.717) is 11.3 Å². The Balaban J connectivity index is 0.00000134. The molecule has 1 unspecified atom stereocenters. The maximum absolute atomic E-state index is 12.2. The Hall–Kier alpha value is -3.43. The summed E-state index contributed by atoms with van der Waals surface area (Å²) in [5.74, 6) is 1.76. The lowest BCUT2D eigenvalue weighted by Crippen LogP contribution is -2.40. The van der Waals surface area contributed by atoms with Gasteiger partial charge in [-0.3, -0.25) is 9.69 Å². The van der Waals surface area contributed by atoms with Gasteiger partial charge >= 0.3 is 13.1 Å². The highest BCUT2D eigenvalue weighted by molar-refractivity contribution is 6.62. The van der Waals surface area contributed by atoms with Crippen LogP contribution < -0.4 is 14.9 Å². The number of pyridine rings is 1. The van der Waals surface area contributed by atoms with E-state index in [2.05, 4.69) is 24.9 Å². The van der Waals surface area contributed by atoms with Gasteiger partial charge < -0.3 is 23.6 Å². The number of allylic oxidation sites excluding steroid dienone is 2. The Morgan fingerprint density at radius 3 is 2.56 bits per heavy atom. The third-order valence-electron chi connectivity index (χ3n) is 6.22. The number of carbonyl (C=O) groups excluding carboxylic acids is 2. The van der Waals surface area contributed by atoms with Gasteiger partial charge in [0.1, 0.15) is 23.9 Å². The third kappa shape index (κ3) is 8.80. The summed E-state index contributed by atoms with van der Waals surface area (Å²) in [5, 5.41) is 0. The Morgan fingerprint density at radius 2 is 1.90 bits per heavy atom. The van der Waals surface area contributed by atoms with Crippen molar-refractivity contribution in [2.45, 2.75) is 59.0 Å². The average Bonchev–Trinajstić information content (AvgIpc) is 3.32. The number of aromatic nitrogens is 1. The lowest BCUT2D eigenvalue weighted by atomic mass is 9.79. The molecule has 2 aromatic rings. The van der Waals surface area contributed by atoms with Crippen LogP contribution in [-0.2, 0) is 18.9 Å². The van der Waals surface area contributed by atoms with Crippen molar-refractivity contribution in [3.05, 3.63) is 71.1 Å². The number of likely N-dealkylation sites (N-methyl/N-ethyl adjacent to an activating group) is 1. The molecule has 1 aromatic carbocycles. The highest BCUT2D eigenvalue weighted by atomic mass is 16.6. The average molecular weight is 534 g/mol. The molecule has 208 valence electrons. The Morgan fingerprint density at radius 1 is 1.15 bits per heavy atom. The molecule has 0 aliphatic heterocycles. The molecule has 0 amide bonds. The predicted octanol–water partition coefficient (Wildman–Crippen LogP) is 4.42. The van der Waals surface area contributed by atoms with Gasteiger partial charge in [-0.25, -0.2) is 4.98 Å². The minimum atomic E-state index is -0.838. The molecule has 1 aromatic heterocycles. The van der Waals surface area contributed by atoms with Crippen LogP contribution in [0.15, 0.2) is 65.4 Å². The smallest absolute Gasteiger partial charge is 0.505 e. The molecule has 4 rings (SSSR count). The first-order chi connectivity index (χ1) is 18.9. The monoisotopic (exact) mass is 534 g/mol. The summed E-state index contributed by atoms with van der Waals surface area (Å²) in [6, 6.07) is 13.1. The fourth-order valence-electron chi connectivity index (χ4n) is 4.49.